The van der Waals surface area contributed by atoms with E-state index in [1.165, 1.54) is 19.3 Å². The van der Waals surface area contributed by atoms with Gasteiger partial charge in [-0.2, -0.15) is 0 Å². The van der Waals surface area contributed by atoms with Crippen LogP contribution in [0.15, 0.2) is 5.16 Å². The van der Waals surface area contributed by atoms with Crippen LogP contribution in [0.3, 0.4) is 0 Å². The molecule has 0 amide bonds. The number of halogens is 1. The minimum Gasteiger partial charge on any atom is -0.392 e. The number of amidine groups is 1. The molecule has 1 atom stereocenters. The number of piperidine rings is 1. The van der Waals surface area contributed by atoms with Gasteiger partial charge in [-0.3, -0.25) is 4.79 Å². The molecule has 2 heterocycles. The van der Waals surface area contributed by atoms with E-state index in [9.17, 15) is 9.90 Å². The topological polar surface area (TPSA) is 65.4 Å². The molecule has 0 aliphatic carbocycles. The molecule has 7 heteroatoms. The van der Waals surface area contributed by atoms with E-state index in [1.807, 2.05) is 4.90 Å². The van der Waals surface area contributed by atoms with Crippen LogP contribution >= 0.6 is 11.6 Å². The minimum absolute atomic E-state index is 0.0732. The number of hydrogen-bond donors (Lipinski definition) is 1. The number of hydrogen-bond acceptors (Lipinski definition) is 5. The maximum Gasteiger partial charge on any atom is 0.229 e. The fourth-order valence-electron chi connectivity index (χ4n) is 2.99. The quantitative estimate of drug-likeness (QED) is 0.331. The molecule has 0 aromatic rings. The van der Waals surface area contributed by atoms with Crippen LogP contribution < -0.4 is 0 Å². The van der Waals surface area contributed by atoms with Crippen molar-refractivity contribution in [2.24, 2.45) is 5.16 Å². The molecule has 1 N–H and O–H groups in total. The average molecular weight is 332 g/mol. The van der Waals surface area contributed by atoms with Crippen LogP contribution in [0.4, 0.5) is 0 Å². The smallest absolute Gasteiger partial charge is 0.229 e. The number of nitrogens with zero attached hydrogens (tertiary/aromatic N) is 3. The summed E-state index contributed by atoms with van der Waals surface area (Å²) in [5.74, 6) is 0.572. The van der Waals surface area contributed by atoms with Crippen LogP contribution in [0.2, 0.25) is 0 Å². The van der Waals surface area contributed by atoms with E-state index in [0.29, 0.717) is 12.4 Å². The highest BCUT2D eigenvalue weighted by Crippen LogP contribution is 2.12. The molecule has 1 unspecified atom stereocenters. The van der Waals surface area contributed by atoms with Crippen molar-refractivity contribution in [3.8, 4) is 0 Å². The Labute approximate surface area is 137 Å². The largest absolute Gasteiger partial charge is 0.392 e. The Morgan fingerprint density at radius 1 is 1.14 bits per heavy atom. The maximum atomic E-state index is 11.1. The third-order valence-electron chi connectivity index (χ3n) is 4.12. The number of oxime groups is 1. The molecule has 0 bridgehead atoms. The van der Waals surface area contributed by atoms with E-state index in [-0.39, 0.29) is 13.0 Å². The molecule has 2 aliphatic heterocycles. The Kier molecular flexibility index (Phi) is 7.42. The molecule has 2 fully saturated rings. The summed E-state index contributed by atoms with van der Waals surface area (Å²) in [7, 11) is 0. The van der Waals surface area contributed by atoms with Crippen molar-refractivity contribution in [1.82, 2.24) is 9.80 Å². The summed E-state index contributed by atoms with van der Waals surface area (Å²) in [5, 5.41) is 13.6. The zero-order chi connectivity index (χ0) is 15.8. The number of carbonyl (C=O) groups is 1. The van der Waals surface area contributed by atoms with Gasteiger partial charge in [-0.25, -0.2) is 0 Å². The first kappa shape index (κ1) is 17.5. The summed E-state index contributed by atoms with van der Waals surface area (Å²) < 4.78 is 0. The van der Waals surface area contributed by atoms with Gasteiger partial charge >= 0.3 is 0 Å². The molecule has 0 saturated carbocycles. The van der Waals surface area contributed by atoms with Crippen molar-refractivity contribution in [2.45, 2.75) is 44.6 Å². The molecule has 22 heavy (non-hydrogen) atoms. The van der Waals surface area contributed by atoms with Gasteiger partial charge in [0.1, 0.15) is 12.7 Å². The number of carbonyl (C=O) groups excluding carboxylic acids is 1. The van der Waals surface area contributed by atoms with E-state index in [4.69, 9.17) is 16.4 Å². The van der Waals surface area contributed by atoms with Crippen molar-refractivity contribution in [1.29, 1.82) is 0 Å². The number of likely N-dealkylation sites (tertiary alicyclic amines) is 2. The second kappa shape index (κ2) is 9.33. The van der Waals surface area contributed by atoms with E-state index in [1.54, 1.807) is 0 Å². The van der Waals surface area contributed by atoms with Gasteiger partial charge in [-0.15, -0.1) is 0 Å². The van der Waals surface area contributed by atoms with Crippen LogP contribution in [-0.4, -0.2) is 71.4 Å². The molecule has 0 aromatic heterocycles. The monoisotopic (exact) mass is 331 g/mol. The second-order valence-corrected chi connectivity index (χ2v) is 6.47. The van der Waals surface area contributed by atoms with Gasteiger partial charge in [-0.05, 0) is 50.4 Å². The highest BCUT2D eigenvalue weighted by molar-refractivity contribution is 6.65. The third kappa shape index (κ3) is 6.10. The van der Waals surface area contributed by atoms with Crippen LogP contribution in [-0.2, 0) is 9.63 Å². The number of aliphatic hydroxyl groups is 1. The molecule has 0 radical (unpaired) electrons. The van der Waals surface area contributed by atoms with Gasteiger partial charge in [0, 0.05) is 19.6 Å². The van der Waals surface area contributed by atoms with Gasteiger partial charge < -0.3 is 19.7 Å². The summed E-state index contributed by atoms with van der Waals surface area (Å²) in [6.45, 7) is 4.60. The lowest BCUT2D eigenvalue weighted by molar-refractivity contribution is -0.110. The molecule has 126 valence electrons. The normalized spacial score (nSPS) is 21.9. The summed E-state index contributed by atoms with van der Waals surface area (Å²) in [6, 6.07) is 0. The summed E-state index contributed by atoms with van der Waals surface area (Å²) >= 11 is 5.46. The number of aliphatic hydroxyl groups excluding tert-OH is 1. The summed E-state index contributed by atoms with van der Waals surface area (Å²) in [4.78, 5) is 20.7. The molecule has 6 nitrogen and oxygen atoms in total. The van der Waals surface area contributed by atoms with Crippen molar-refractivity contribution in [2.75, 3.05) is 39.3 Å². The molecular weight excluding hydrogens is 306 g/mol. The van der Waals surface area contributed by atoms with Gasteiger partial charge in [0.15, 0.2) is 5.84 Å². The van der Waals surface area contributed by atoms with E-state index < -0.39 is 11.3 Å². The number of rotatable bonds is 7. The Hall–Kier alpha value is -0.850. The van der Waals surface area contributed by atoms with Crippen LogP contribution in [0.5, 0.6) is 0 Å². The Morgan fingerprint density at radius 2 is 1.77 bits per heavy atom. The Balaban J connectivity index is 1.75. The minimum atomic E-state index is -0.562. The fraction of sp³-hybridized carbons (Fsp3) is 0.867. The Bertz CT molecular complexity index is 380. The van der Waals surface area contributed by atoms with E-state index in [2.05, 4.69) is 10.1 Å². The third-order valence-corrected chi connectivity index (χ3v) is 4.26. The molecule has 2 aliphatic rings. The van der Waals surface area contributed by atoms with E-state index >= 15 is 0 Å². The lowest BCUT2D eigenvalue weighted by Crippen LogP contribution is -2.38. The van der Waals surface area contributed by atoms with Crippen LogP contribution in [0.1, 0.15) is 38.5 Å². The molecule has 2 saturated heterocycles. The summed E-state index contributed by atoms with van der Waals surface area (Å²) in [5.41, 5.74) is 0. The van der Waals surface area contributed by atoms with Crippen LogP contribution in [0.25, 0.3) is 0 Å². The first-order valence-electron chi connectivity index (χ1n) is 8.17. The maximum absolute atomic E-state index is 11.1. The van der Waals surface area contributed by atoms with Crippen molar-refractivity contribution in [3.05, 3.63) is 0 Å². The SMILES string of the molecule is O=C(Cl)CC(=NOCC(O)CN1CCCCC1)N1CCCC1. The highest BCUT2D eigenvalue weighted by Gasteiger charge is 2.20. The first-order chi connectivity index (χ1) is 10.6. The van der Waals surface area contributed by atoms with Crippen molar-refractivity contribution < 1.29 is 14.7 Å². The van der Waals surface area contributed by atoms with Crippen molar-refractivity contribution >= 4 is 22.7 Å². The predicted octanol–water partition coefficient (Wildman–Crippen LogP) is 1.41. The van der Waals surface area contributed by atoms with Crippen molar-refractivity contribution in [3.63, 3.8) is 0 Å². The molecular formula is C15H26ClN3O3. The molecule has 0 spiro atoms. The van der Waals surface area contributed by atoms with Gasteiger partial charge in [0.05, 0.1) is 6.42 Å². The van der Waals surface area contributed by atoms with Gasteiger partial charge in [0.25, 0.3) is 0 Å². The standard InChI is InChI=1S/C15H26ClN3O3/c16-14(21)10-15(19-8-4-5-9-19)17-22-12-13(20)11-18-6-2-1-3-7-18/h13,20H,1-12H2. The average Bonchev–Trinajstić information content (AvgIpc) is 3.01. The second-order valence-electron chi connectivity index (χ2n) is 6.04. The summed E-state index contributed by atoms with van der Waals surface area (Å²) in [6.07, 6.45) is 5.36. The molecule has 0 aromatic carbocycles. The van der Waals surface area contributed by atoms with Gasteiger partial charge in [-0.1, -0.05) is 11.6 Å². The lowest BCUT2D eigenvalue weighted by Gasteiger charge is -2.28. The predicted molar refractivity (Wildman–Crippen MR) is 86.0 cm³/mol. The Morgan fingerprint density at radius 3 is 2.41 bits per heavy atom. The fourth-order valence-corrected chi connectivity index (χ4v) is 3.11. The van der Waals surface area contributed by atoms with E-state index in [0.717, 1.165) is 39.0 Å². The zero-order valence-electron chi connectivity index (χ0n) is 13.0. The van der Waals surface area contributed by atoms with Gasteiger partial charge in [0.2, 0.25) is 5.24 Å². The van der Waals surface area contributed by atoms with Crippen LogP contribution in [0, 0.1) is 0 Å². The molecule has 2 rings (SSSR count). The lowest BCUT2D eigenvalue weighted by atomic mass is 10.1. The zero-order valence-corrected chi connectivity index (χ0v) is 13.8. The first-order valence-corrected chi connectivity index (χ1v) is 8.55. The highest BCUT2D eigenvalue weighted by atomic mass is 35.5. The number of β-amino-alcohol motifs (C(OH)–C–C–N with tert-alkyl or cyclic N) is 1.